The van der Waals surface area contributed by atoms with Gasteiger partial charge in [0.25, 0.3) is 0 Å². The molecule has 4 nitrogen and oxygen atoms in total. The molecule has 5 unspecified atom stereocenters. The lowest BCUT2D eigenvalue weighted by molar-refractivity contribution is -0.149. The number of nitrogens with one attached hydrogen (secondary N) is 1. The number of carboxylic acids is 1. The molecule has 5 atom stereocenters. The largest absolute Gasteiger partial charge is 0.479 e. The topological polar surface area (TPSA) is 58.6 Å². The molecular formula is C13H23NO3. The SMILES string of the molecule is CC1CCC(NCC2CCC(C(=O)O)O2)C1C. The van der Waals surface area contributed by atoms with Crippen molar-refractivity contribution in [2.45, 2.75) is 57.8 Å². The summed E-state index contributed by atoms with van der Waals surface area (Å²) in [7, 11) is 0. The maximum absolute atomic E-state index is 10.8. The van der Waals surface area contributed by atoms with Crippen LogP contribution in [0, 0.1) is 11.8 Å². The Morgan fingerprint density at radius 3 is 2.59 bits per heavy atom. The van der Waals surface area contributed by atoms with Crippen molar-refractivity contribution >= 4 is 5.97 Å². The zero-order valence-electron chi connectivity index (χ0n) is 10.7. The number of hydrogen-bond acceptors (Lipinski definition) is 3. The minimum Gasteiger partial charge on any atom is -0.479 e. The summed E-state index contributed by atoms with van der Waals surface area (Å²) in [5.41, 5.74) is 0. The lowest BCUT2D eigenvalue weighted by atomic mass is 9.98. The summed E-state index contributed by atoms with van der Waals surface area (Å²) < 4.78 is 5.48. The van der Waals surface area contributed by atoms with Crippen molar-refractivity contribution in [1.29, 1.82) is 0 Å². The van der Waals surface area contributed by atoms with Crippen LogP contribution in [0.2, 0.25) is 0 Å². The first kappa shape index (κ1) is 12.8. The van der Waals surface area contributed by atoms with Crippen LogP contribution in [-0.2, 0) is 9.53 Å². The Balaban J connectivity index is 1.71. The smallest absolute Gasteiger partial charge is 0.332 e. The molecule has 2 aliphatic rings. The highest BCUT2D eigenvalue weighted by atomic mass is 16.5. The monoisotopic (exact) mass is 241 g/mol. The minimum atomic E-state index is -0.824. The molecule has 0 aromatic heterocycles. The quantitative estimate of drug-likeness (QED) is 0.785. The van der Waals surface area contributed by atoms with Crippen LogP contribution in [0.25, 0.3) is 0 Å². The van der Waals surface area contributed by atoms with Gasteiger partial charge in [-0.3, -0.25) is 0 Å². The molecule has 1 aliphatic heterocycles. The van der Waals surface area contributed by atoms with Crippen LogP contribution in [-0.4, -0.2) is 35.9 Å². The van der Waals surface area contributed by atoms with Gasteiger partial charge in [-0.2, -0.15) is 0 Å². The average Bonchev–Trinajstić information content (AvgIpc) is 2.86. The van der Waals surface area contributed by atoms with E-state index in [1.807, 2.05) is 0 Å². The maximum atomic E-state index is 10.8. The summed E-state index contributed by atoms with van der Waals surface area (Å²) >= 11 is 0. The van der Waals surface area contributed by atoms with Crippen LogP contribution in [0.5, 0.6) is 0 Å². The molecule has 2 fully saturated rings. The third kappa shape index (κ3) is 2.99. The molecule has 1 saturated heterocycles. The van der Waals surface area contributed by atoms with E-state index in [0.29, 0.717) is 18.4 Å². The van der Waals surface area contributed by atoms with Crippen molar-refractivity contribution in [3.63, 3.8) is 0 Å². The number of carbonyl (C=O) groups is 1. The molecule has 0 aromatic carbocycles. The second-order valence-electron chi connectivity index (χ2n) is 5.59. The van der Waals surface area contributed by atoms with Crippen LogP contribution >= 0.6 is 0 Å². The van der Waals surface area contributed by atoms with E-state index in [0.717, 1.165) is 18.9 Å². The van der Waals surface area contributed by atoms with Gasteiger partial charge in [-0.1, -0.05) is 13.8 Å². The van der Waals surface area contributed by atoms with Gasteiger partial charge < -0.3 is 15.2 Å². The molecule has 1 aliphatic carbocycles. The number of aliphatic carboxylic acids is 1. The maximum Gasteiger partial charge on any atom is 0.332 e. The van der Waals surface area contributed by atoms with E-state index in [4.69, 9.17) is 9.84 Å². The molecule has 0 bridgehead atoms. The predicted molar refractivity (Wildman–Crippen MR) is 64.9 cm³/mol. The highest BCUT2D eigenvalue weighted by Crippen LogP contribution is 2.31. The van der Waals surface area contributed by atoms with Gasteiger partial charge in [0.15, 0.2) is 6.10 Å². The van der Waals surface area contributed by atoms with E-state index >= 15 is 0 Å². The molecular weight excluding hydrogens is 218 g/mol. The molecule has 2 N–H and O–H groups in total. The van der Waals surface area contributed by atoms with Crippen molar-refractivity contribution < 1.29 is 14.6 Å². The standard InChI is InChI=1S/C13H23NO3/c1-8-3-5-11(9(8)2)14-7-10-4-6-12(17-10)13(15)16/h8-12,14H,3-7H2,1-2H3,(H,15,16). The fourth-order valence-corrected chi connectivity index (χ4v) is 2.97. The Morgan fingerprint density at radius 1 is 1.29 bits per heavy atom. The molecule has 98 valence electrons. The summed E-state index contributed by atoms with van der Waals surface area (Å²) in [5.74, 6) is 0.686. The lowest BCUT2D eigenvalue weighted by Crippen LogP contribution is -2.38. The Labute approximate surface area is 103 Å². The van der Waals surface area contributed by atoms with Crippen LogP contribution in [0.4, 0.5) is 0 Å². The number of rotatable bonds is 4. The highest BCUT2D eigenvalue weighted by molar-refractivity contribution is 5.72. The Morgan fingerprint density at radius 2 is 2.06 bits per heavy atom. The number of carboxylic acid groups (broad SMARTS) is 1. The first-order chi connectivity index (χ1) is 8.08. The van der Waals surface area contributed by atoms with Gasteiger partial charge in [0.1, 0.15) is 0 Å². The lowest BCUT2D eigenvalue weighted by Gasteiger charge is -2.21. The summed E-state index contributed by atoms with van der Waals surface area (Å²) in [5, 5.41) is 12.4. The molecule has 0 spiro atoms. The third-order valence-corrected chi connectivity index (χ3v) is 4.46. The van der Waals surface area contributed by atoms with Gasteiger partial charge in [0, 0.05) is 12.6 Å². The predicted octanol–water partition coefficient (Wildman–Crippen LogP) is 1.64. The molecule has 17 heavy (non-hydrogen) atoms. The summed E-state index contributed by atoms with van der Waals surface area (Å²) in [4.78, 5) is 10.8. The summed E-state index contributed by atoms with van der Waals surface area (Å²) in [6.45, 7) is 5.40. The van der Waals surface area contributed by atoms with Gasteiger partial charge in [-0.15, -0.1) is 0 Å². The van der Waals surface area contributed by atoms with E-state index in [9.17, 15) is 4.79 Å². The zero-order chi connectivity index (χ0) is 12.4. The number of ether oxygens (including phenoxy) is 1. The fraction of sp³-hybridized carbons (Fsp3) is 0.923. The minimum absolute atomic E-state index is 0.0826. The molecule has 1 saturated carbocycles. The average molecular weight is 241 g/mol. The molecule has 1 heterocycles. The number of hydrogen-bond donors (Lipinski definition) is 2. The first-order valence-corrected chi connectivity index (χ1v) is 6.69. The summed E-state index contributed by atoms with van der Waals surface area (Å²) in [6, 6.07) is 0.581. The van der Waals surface area contributed by atoms with Gasteiger partial charge >= 0.3 is 5.97 Å². The van der Waals surface area contributed by atoms with Crippen LogP contribution < -0.4 is 5.32 Å². The summed E-state index contributed by atoms with van der Waals surface area (Å²) in [6.07, 6.45) is 3.54. The molecule has 0 aromatic rings. The highest BCUT2D eigenvalue weighted by Gasteiger charge is 2.33. The Kier molecular flexibility index (Phi) is 4.05. The molecule has 0 amide bonds. The molecule has 2 rings (SSSR count). The van der Waals surface area contributed by atoms with Gasteiger partial charge in [-0.05, 0) is 37.5 Å². The van der Waals surface area contributed by atoms with E-state index < -0.39 is 12.1 Å². The van der Waals surface area contributed by atoms with Crippen molar-refractivity contribution in [2.24, 2.45) is 11.8 Å². The Hall–Kier alpha value is -0.610. The fourth-order valence-electron chi connectivity index (χ4n) is 2.97. The van der Waals surface area contributed by atoms with Crippen molar-refractivity contribution in [3.05, 3.63) is 0 Å². The zero-order valence-corrected chi connectivity index (χ0v) is 10.7. The van der Waals surface area contributed by atoms with Gasteiger partial charge in [0.2, 0.25) is 0 Å². The Bertz CT molecular complexity index is 282. The van der Waals surface area contributed by atoms with E-state index in [-0.39, 0.29) is 6.10 Å². The third-order valence-electron chi connectivity index (χ3n) is 4.46. The molecule has 0 radical (unpaired) electrons. The first-order valence-electron chi connectivity index (χ1n) is 6.69. The van der Waals surface area contributed by atoms with Gasteiger partial charge in [0.05, 0.1) is 6.10 Å². The molecule has 4 heteroatoms. The van der Waals surface area contributed by atoms with Crippen molar-refractivity contribution in [1.82, 2.24) is 5.32 Å². The second kappa shape index (κ2) is 5.36. The van der Waals surface area contributed by atoms with E-state index in [2.05, 4.69) is 19.2 Å². The van der Waals surface area contributed by atoms with Crippen LogP contribution in [0.3, 0.4) is 0 Å². The van der Waals surface area contributed by atoms with Crippen LogP contribution in [0.15, 0.2) is 0 Å². The van der Waals surface area contributed by atoms with Crippen LogP contribution in [0.1, 0.15) is 39.5 Å². The van der Waals surface area contributed by atoms with E-state index in [1.54, 1.807) is 0 Å². The van der Waals surface area contributed by atoms with Crippen molar-refractivity contribution in [2.75, 3.05) is 6.54 Å². The van der Waals surface area contributed by atoms with Crippen molar-refractivity contribution in [3.8, 4) is 0 Å². The van der Waals surface area contributed by atoms with Gasteiger partial charge in [-0.25, -0.2) is 4.79 Å². The van der Waals surface area contributed by atoms with E-state index in [1.165, 1.54) is 12.8 Å². The normalized spacial score (nSPS) is 41.9. The second-order valence-corrected chi connectivity index (χ2v) is 5.59.